The molecule has 0 radical (unpaired) electrons. The van der Waals surface area contributed by atoms with E-state index >= 15 is 0 Å². The summed E-state index contributed by atoms with van der Waals surface area (Å²) >= 11 is 0. The van der Waals surface area contributed by atoms with Gasteiger partial charge in [-0.05, 0) is 50.3 Å². The van der Waals surface area contributed by atoms with Crippen LogP contribution in [0.1, 0.15) is 41.5 Å². The molecule has 104 valence electrons. The number of aliphatic hydroxyl groups is 1. The Kier molecular flexibility index (Phi) is 3.95. The fourth-order valence-electron chi connectivity index (χ4n) is 2.91. The number of rotatable bonds is 4. The molecule has 0 saturated heterocycles. The number of hydrogen-bond donors (Lipinski definition) is 2. The lowest BCUT2D eigenvalue weighted by Gasteiger charge is -2.38. The molecule has 2 rings (SSSR count). The van der Waals surface area contributed by atoms with Crippen molar-refractivity contribution in [2.75, 3.05) is 6.61 Å². The average molecular weight is 261 g/mol. The van der Waals surface area contributed by atoms with E-state index in [0.29, 0.717) is 6.54 Å². The zero-order valence-electron chi connectivity index (χ0n) is 12.0. The van der Waals surface area contributed by atoms with E-state index in [1.54, 1.807) is 0 Å². The van der Waals surface area contributed by atoms with Crippen LogP contribution in [0.5, 0.6) is 0 Å². The quantitative estimate of drug-likeness (QED) is 0.874. The van der Waals surface area contributed by atoms with Gasteiger partial charge in [-0.3, -0.25) is 4.79 Å². The van der Waals surface area contributed by atoms with Crippen molar-refractivity contribution < 1.29 is 9.90 Å². The third kappa shape index (κ3) is 2.66. The normalized spacial score (nSPS) is 16.8. The molecule has 0 aromatic heterocycles. The van der Waals surface area contributed by atoms with Crippen molar-refractivity contribution in [1.29, 1.82) is 0 Å². The molecule has 3 nitrogen and oxygen atoms in total. The van der Waals surface area contributed by atoms with Crippen LogP contribution in [0.3, 0.4) is 0 Å². The van der Waals surface area contributed by atoms with Gasteiger partial charge in [-0.2, -0.15) is 0 Å². The number of carbonyl (C=O) groups excluding carboxylic acids is 1. The summed E-state index contributed by atoms with van der Waals surface area (Å²) in [6.45, 7) is 6.75. The molecule has 1 aromatic carbocycles. The standard InChI is InChI=1S/C16H23NO2/c1-11-7-12(2)14(13(3)8-11)9-17-15(19)16(10-18)5-4-6-16/h7-8,18H,4-6,9-10H2,1-3H3,(H,17,19). The summed E-state index contributed by atoms with van der Waals surface area (Å²) in [5.74, 6) is 0.000579. The second-order valence-electron chi connectivity index (χ2n) is 5.85. The van der Waals surface area contributed by atoms with E-state index < -0.39 is 5.41 Å². The van der Waals surface area contributed by atoms with Gasteiger partial charge in [0.15, 0.2) is 0 Å². The molecule has 1 aliphatic rings. The van der Waals surface area contributed by atoms with Crippen LogP contribution in [0.25, 0.3) is 0 Å². The number of amides is 1. The lowest BCUT2D eigenvalue weighted by Crippen LogP contribution is -2.48. The van der Waals surface area contributed by atoms with Gasteiger partial charge in [-0.25, -0.2) is 0 Å². The minimum atomic E-state index is -0.507. The van der Waals surface area contributed by atoms with Crippen LogP contribution >= 0.6 is 0 Å². The number of carbonyl (C=O) groups is 1. The van der Waals surface area contributed by atoms with Crippen molar-refractivity contribution in [2.24, 2.45) is 5.41 Å². The highest BCUT2D eigenvalue weighted by molar-refractivity contribution is 5.83. The second-order valence-corrected chi connectivity index (χ2v) is 5.85. The van der Waals surface area contributed by atoms with Crippen molar-refractivity contribution in [3.63, 3.8) is 0 Å². The van der Waals surface area contributed by atoms with E-state index in [1.165, 1.54) is 22.3 Å². The summed E-state index contributed by atoms with van der Waals surface area (Å²) in [5.41, 5.74) is 4.35. The minimum absolute atomic E-state index is 0.000579. The van der Waals surface area contributed by atoms with Gasteiger partial charge in [-0.15, -0.1) is 0 Å². The number of aryl methyl sites for hydroxylation is 3. The zero-order chi connectivity index (χ0) is 14.0. The Morgan fingerprint density at radius 1 is 1.26 bits per heavy atom. The van der Waals surface area contributed by atoms with E-state index in [1.807, 2.05) is 0 Å². The van der Waals surface area contributed by atoms with E-state index in [-0.39, 0.29) is 12.5 Å². The molecule has 1 aliphatic carbocycles. The number of nitrogens with one attached hydrogen (secondary N) is 1. The van der Waals surface area contributed by atoms with E-state index in [9.17, 15) is 9.90 Å². The lowest BCUT2D eigenvalue weighted by atomic mass is 9.68. The summed E-state index contributed by atoms with van der Waals surface area (Å²) in [6, 6.07) is 4.28. The molecule has 0 aliphatic heterocycles. The molecule has 0 bridgehead atoms. The van der Waals surface area contributed by atoms with Crippen LogP contribution in [0.15, 0.2) is 12.1 Å². The fourth-order valence-corrected chi connectivity index (χ4v) is 2.91. The van der Waals surface area contributed by atoms with Gasteiger partial charge in [-0.1, -0.05) is 24.1 Å². The zero-order valence-corrected chi connectivity index (χ0v) is 12.0. The molecular weight excluding hydrogens is 238 g/mol. The van der Waals surface area contributed by atoms with Crippen LogP contribution in [0.4, 0.5) is 0 Å². The SMILES string of the molecule is Cc1cc(C)c(CNC(=O)C2(CO)CCC2)c(C)c1. The molecule has 3 heteroatoms. The summed E-state index contributed by atoms with van der Waals surface area (Å²) in [4.78, 5) is 12.2. The Balaban J connectivity index is 2.05. The molecule has 0 atom stereocenters. The number of aliphatic hydroxyl groups excluding tert-OH is 1. The highest BCUT2D eigenvalue weighted by Crippen LogP contribution is 2.40. The lowest BCUT2D eigenvalue weighted by molar-refractivity contribution is -0.139. The number of benzene rings is 1. The van der Waals surface area contributed by atoms with Gasteiger partial charge in [0.2, 0.25) is 5.91 Å². The maximum absolute atomic E-state index is 12.2. The van der Waals surface area contributed by atoms with E-state index in [0.717, 1.165) is 19.3 Å². The van der Waals surface area contributed by atoms with E-state index in [4.69, 9.17) is 0 Å². The molecular formula is C16H23NO2. The summed E-state index contributed by atoms with van der Waals surface area (Å²) in [6.07, 6.45) is 2.65. The minimum Gasteiger partial charge on any atom is -0.395 e. The molecule has 2 N–H and O–H groups in total. The van der Waals surface area contributed by atoms with Crippen LogP contribution in [-0.4, -0.2) is 17.6 Å². The highest BCUT2D eigenvalue weighted by atomic mass is 16.3. The van der Waals surface area contributed by atoms with Gasteiger partial charge < -0.3 is 10.4 Å². The Hall–Kier alpha value is -1.35. The predicted octanol–water partition coefficient (Wildman–Crippen LogP) is 2.39. The summed E-state index contributed by atoms with van der Waals surface area (Å²) in [5, 5.41) is 12.4. The maximum Gasteiger partial charge on any atom is 0.228 e. The summed E-state index contributed by atoms with van der Waals surface area (Å²) < 4.78 is 0. The largest absolute Gasteiger partial charge is 0.395 e. The first-order chi connectivity index (χ1) is 8.98. The molecule has 1 fully saturated rings. The molecule has 0 unspecified atom stereocenters. The Labute approximate surface area is 115 Å². The van der Waals surface area contributed by atoms with Crippen LogP contribution < -0.4 is 5.32 Å². The first kappa shape index (κ1) is 14.1. The average Bonchev–Trinajstić information content (AvgIpc) is 2.26. The van der Waals surface area contributed by atoms with Crippen molar-refractivity contribution >= 4 is 5.91 Å². The highest BCUT2D eigenvalue weighted by Gasteiger charge is 2.43. The second kappa shape index (κ2) is 5.33. The van der Waals surface area contributed by atoms with Crippen molar-refractivity contribution in [2.45, 2.75) is 46.6 Å². The molecule has 1 aromatic rings. The summed E-state index contributed by atoms with van der Waals surface area (Å²) in [7, 11) is 0. The van der Waals surface area contributed by atoms with Gasteiger partial charge in [0.25, 0.3) is 0 Å². The van der Waals surface area contributed by atoms with E-state index in [2.05, 4.69) is 38.2 Å². The molecule has 1 amide bonds. The predicted molar refractivity (Wildman–Crippen MR) is 75.9 cm³/mol. The Morgan fingerprint density at radius 2 is 1.84 bits per heavy atom. The monoisotopic (exact) mass is 261 g/mol. The molecule has 1 saturated carbocycles. The maximum atomic E-state index is 12.2. The third-order valence-electron chi connectivity index (χ3n) is 4.36. The first-order valence-electron chi connectivity index (χ1n) is 6.94. The Bertz CT molecular complexity index is 461. The number of hydrogen-bond acceptors (Lipinski definition) is 2. The van der Waals surface area contributed by atoms with Crippen molar-refractivity contribution in [3.8, 4) is 0 Å². The van der Waals surface area contributed by atoms with Crippen LogP contribution in [-0.2, 0) is 11.3 Å². The van der Waals surface area contributed by atoms with Crippen molar-refractivity contribution in [1.82, 2.24) is 5.32 Å². The van der Waals surface area contributed by atoms with Crippen LogP contribution in [0.2, 0.25) is 0 Å². The molecule has 19 heavy (non-hydrogen) atoms. The third-order valence-corrected chi connectivity index (χ3v) is 4.36. The fraction of sp³-hybridized carbons (Fsp3) is 0.562. The van der Waals surface area contributed by atoms with Gasteiger partial charge >= 0.3 is 0 Å². The Morgan fingerprint density at radius 3 is 2.26 bits per heavy atom. The van der Waals surface area contributed by atoms with Gasteiger partial charge in [0.1, 0.15) is 0 Å². The smallest absolute Gasteiger partial charge is 0.228 e. The molecule has 0 heterocycles. The van der Waals surface area contributed by atoms with Crippen LogP contribution in [0, 0.1) is 26.2 Å². The van der Waals surface area contributed by atoms with Gasteiger partial charge in [0.05, 0.1) is 12.0 Å². The topological polar surface area (TPSA) is 49.3 Å². The van der Waals surface area contributed by atoms with Gasteiger partial charge in [0, 0.05) is 6.54 Å². The van der Waals surface area contributed by atoms with Crippen molar-refractivity contribution in [3.05, 3.63) is 34.4 Å². The molecule has 0 spiro atoms. The first-order valence-corrected chi connectivity index (χ1v) is 6.94.